The van der Waals surface area contributed by atoms with E-state index in [1.807, 2.05) is 6.92 Å². The highest BCUT2D eigenvalue weighted by molar-refractivity contribution is 9.12. The lowest BCUT2D eigenvalue weighted by atomic mass is 10.4. The number of rotatable bonds is 1. The third kappa shape index (κ3) is 2.10. The van der Waals surface area contributed by atoms with E-state index in [1.165, 1.54) is 0 Å². The predicted molar refractivity (Wildman–Crippen MR) is 48.7 cm³/mol. The van der Waals surface area contributed by atoms with Gasteiger partial charge < -0.3 is 0 Å². The van der Waals surface area contributed by atoms with Gasteiger partial charge in [-0.2, -0.15) is 5.10 Å². The van der Waals surface area contributed by atoms with Gasteiger partial charge in [0, 0.05) is 27.4 Å². The lowest BCUT2D eigenvalue weighted by molar-refractivity contribution is -0.111. The molecule has 1 aromatic heterocycles. The number of nitrogens with one attached hydrogen (secondary N) is 2. The number of nitrogens with zero attached hydrogens (tertiary/aromatic N) is 1. The Bertz CT molecular complexity index is 347. The highest BCUT2D eigenvalue weighted by atomic mass is 79.9. The maximum atomic E-state index is 10.9. The molecule has 12 heavy (non-hydrogen) atoms. The molecule has 1 amide bonds. The highest BCUT2D eigenvalue weighted by Crippen LogP contribution is 2.07. The Balaban J connectivity index is 2.68. The van der Waals surface area contributed by atoms with E-state index in [0.717, 1.165) is 5.56 Å². The van der Waals surface area contributed by atoms with Gasteiger partial charge in [-0.3, -0.25) is 15.2 Å². The summed E-state index contributed by atoms with van der Waals surface area (Å²) in [4.78, 5) is 13.2. The number of aromatic nitrogens is 2. The zero-order valence-electron chi connectivity index (χ0n) is 6.31. The van der Waals surface area contributed by atoms with Gasteiger partial charge in [0.2, 0.25) is 0 Å². The van der Waals surface area contributed by atoms with Crippen molar-refractivity contribution < 1.29 is 4.79 Å². The minimum atomic E-state index is -0.376. The number of amides is 1. The number of hydrogen-bond acceptors (Lipinski definition) is 2. The number of aromatic amines is 1. The quantitative estimate of drug-likeness (QED) is 0.704. The fourth-order valence-corrected chi connectivity index (χ4v) is 0.841. The molecule has 0 saturated heterocycles. The molecule has 5 heteroatoms. The molecule has 1 aromatic rings. The van der Waals surface area contributed by atoms with Crippen molar-refractivity contribution in [1.29, 1.82) is 0 Å². The second kappa shape index (κ2) is 3.93. The lowest BCUT2D eigenvalue weighted by Crippen LogP contribution is -2.09. The van der Waals surface area contributed by atoms with Gasteiger partial charge in [-0.05, 0) is 11.8 Å². The van der Waals surface area contributed by atoms with Crippen LogP contribution in [0.15, 0.2) is 6.20 Å². The number of anilines is 1. The van der Waals surface area contributed by atoms with E-state index in [2.05, 4.69) is 42.2 Å². The summed E-state index contributed by atoms with van der Waals surface area (Å²) in [6.07, 6.45) is 1.62. The molecule has 0 radical (unpaired) electrons. The number of hydrogen-bond donors (Lipinski definition) is 2. The van der Waals surface area contributed by atoms with Crippen LogP contribution >= 0.6 is 15.9 Å². The minimum absolute atomic E-state index is 0.376. The van der Waals surface area contributed by atoms with Crippen molar-refractivity contribution in [3.05, 3.63) is 11.8 Å². The largest absolute Gasteiger partial charge is 0.302 e. The van der Waals surface area contributed by atoms with Gasteiger partial charge in [0.15, 0.2) is 0 Å². The third-order valence-corrected chi connectivity index (χ3v) is 1.43. The molecule has 0 atom stereocenters. The molecule has 4 nitrogen and oxygen atoms in total. The normalized spacial score (nSPS) is 8.50. The van der Waals surface area contributed by atoms with Crippen molar-refractivity contribution in [1.82, 2.24) is 10.2 Å². The Morgan fingerprint density at radius 2 is 2.58 bits per heavy atom. The first-order valence-electron chi connectivity index (χ1n) is 3.16. The van der Waals surface area contributed by atoms with Crippen molar-refractivity contribution in [3.63, 3.8) is 0 Å². The smallest absolute Gasteiger partial charge is 0.300 e. The summed E-state index contributed by atoms with van der Waals surface area (Å²) in [6, 6.07) is 0. The van der Waals surface area contributed by atoms with Crippen molar-refractivity contribution >= 4 is 27.7 Å². The predicted octanol–water partition coefficient (Wildman–Crippen LogP) is 1.01. The number of halogens is 1. The number of aryl methyl sites for hydroxylation is 1. The fraction of sp³-hybridized carbons (Fsp3) is 0.143. The van der Waals surface area contributed by atoms with Crippen LogP contribution in [0.25, 0.3) is 0 Å². The Labute approximate surface area is 77.9 Å². The van der Waals surface area contributed by atoms with Crippen LogP contribution < -0.4 is 5.32 Å². The molecule has 1 heterocycles. The summed E-state index contributed by atoms with van der Waals surface area (Å²) in [5, 5.41) is 8.90. The summed E-state index contributed by atoms with van der Waals surface area (Å²) >= 11 is 2.82. The number of carbonyl (C=O) groups is 1. The fourth-order valence-electron chi connectivity index (χ4n) is 0.661. The van der Waals surface area contributed by atoms with E-state index in [4.69, 9.17) is 0 Å². The van der Waals surface area contributed by atoms with Gasteiger partial charge >= 0.3 is 5.91 Å². The Morgan fingerprint density at radius 1 is 1.83 bits per heavy atom. The second-order valence-corrected chi connectivity index (χ2v) is 2.50. The molecule has 0 saturated carbocycles. The van der Waals surface area contributed by atoms with Gasteiger partial charge in [0.1, 0.15) is 5.82 Å². The van der Waals surface area contributed by atoms with Crippen molar-refractivity contribution in [2.45, 2.75) is 6.92 Å². The zero-order valence-corrected chi connectivity index (χ0v) is 7.90. The molecule has 0 unspecified atom stereocenters. The molecule has 0 fully saturated rings. The molecule has 2 N–H and O–H groups in total. The summed E-state index contributed by atoms with van der Waals surface area (Å²) in [7, 11) is 0. The number of H-pyrrole nitrogens is 1. The van der Waals surface area contributed by atoms with E-state index in [1.54, 1.807) is 6.20 Å². The first-order chi connectivity index (χ1) is 5.74. The van der Waals surface area contributed by atoms with Crippen LogP contribution in [-0.4, -0.2) is 16.1 Å². The lowest BCUT2D eigenvalue weighted by Gasteiger charge is -1.95. The Kier molecular flexibility index (Phi) is 2.88. The summed E-state index contributed by atoms with van der Waals surface area (Å²) < 4.78 is 0. The van der Waals surface area contributed by atoms with E-state index in [-0.39, 0.29) is 5.91 Å². The van der Waals surface area contributed by atoms with Gasteiger partial charge in [-0.25, -0.2) is 0 Å². The van der Waals surface area contributed by atoms with E-state index in [0.29, 0.717) is 5.82 Å². The average Bonchev–Trinajstić information content (AvgIpc) is 2.37. The molecular weight excluding hydrogens is 222 g/mol. The number of carbonyl (C=O) groups excluding carboxylic acids is 1. The van der Waals surface area contributed by atoms with E-state index >= 15 is 0 Å². The zero-order chi connectivity index (χ0) is 8.97. The van der Waals surface area contributed by atoms with Gasteiger partial charge in [-0.1, -0.05) is 0 Å². The SMILES string of the molecule is Cc1cn[nH]c1NC(=O)C#CBr. The Morgan fingerprint density at radius 3 is 3.08 bits per heavy atom. The van der Waals surface area contributed by atoms with Crippen LogP contribution in [0.2, 0.25) is 0 Å². The third-order valence-electron chi connectivity index (χ3n) is 1.23. The molecule has 0 spiro atoms. The van der Waals surface area contributed by atoms with E-state index < -0.39 is 0 Å². The highest BCUT2D eigenvalue weighted by Gasteiger charge is 2.01. The molecule has 0 aliphatic rings. The molecule has 1 rings (SSSR count). The summed E-state index contributed by atoms with van der Waals surface area (Å²) in [6.45, 7) is 1.83. The molecular formula is C7H6BrN3O. The van der Waals surface area contributed by atoms with Crippen molar-refractivity contribution in [2.75, 3.05) is 5.32 Å². The van der Waals surface area contributed by atoms with Crippen LogP contribution in [0, 0.1) is 17.7 Å². The molecule has 0 aliphatic heterocycles. The van der Waals surface area contributed by atoms with Crippen LogP contribution in [0.3, 0.4) is 0 Å². The summed E-state index contributed by atoms with van der Waals surface area (Å²) in [5.74, 6) is 2.48. The molecule has 0 aromatic carbocycles. The van der Waals surface area contributed by atoms with Crippen LogP contribution in [-0.2, 0) is 4.79 Å². The first kappa shape index (κ1) is 8.81. The van der Waals surface area contributed by atoms with Crippen LogP contribution in [0.5, 0.6) is 0 Å². The average molecular weight is 228 g/mol. The second-order valence-electron chi connectivity index (χ2n) is 2.10. The topological polar surface area (TPSA) is 57.8 Å². The van der Waals surface area contributed by atoms with Crippen LogP contribution in [0.4, 0.5) is 5.82 Å². The van der Waals surface area contributed by atoms with Crippen molar-refractivity contribution in [3.8, 4) is 10.8 Å². The van der Waals surface area contributed by atoms with Gasteiger partial charge in [0.05, 0.1) is 6.20 Å². The van der Waals surface area contributed by atoms with E-state index in [9.17, 15) is 4.79 Å². The molecule has 0 aliphatic carbocycles. The van der Waals surface area contributed by atoms with Crippen LogP contribution in [0.1, 0.15) is 5.56 Å². The molecule has 0 bridgehead atoms. The van der Waals surface area contributed by atoms with Crippen molar-refractivity contribution in [2.24, 2.45) is 0 Å². The Hall–Kier alpha value is -1.28. The minimum Gasteiger partial charge on any atom is -0.300 e. The summed E-state index contributed by atoms with van der Waals surface area (Å²) in [5.41, 5.74) is 0.875. The standard InChI is InChI=1S/C7H6BrN3O/c1-5-4-9-11-7(5)10-6(12)2-3-8/h4H,1H3,(H2,9,10,11,12). The maximum absolute atomic E-state index is 10.9. The molecule has 62 valence electrons. The van der Waals surface area contributed by atoms with Gasteiger partial charge in [-0.15, -0.1) is 0 Å². The monoisotopic (exact) mass is 227 g/mol. The maximum Gasteiger partial charge on any atom is 0.302 e. The first-order valence-corrected chi connectivity index (χ1v) is 3.96. The van der Waals surface area contributed by atoms with Gasteiger partial charge in [0.25, 0.3) is 0 Å².